The topological polar surface area (TPSA) is 54.4 Å². The van der Waals surface area contributed by atoms with Crippen molar-refractivity contribution in [2.45, 2.75) is 44.9 Å². The lowest BCUT2D eigenvalue weighted by atomic mass is 9.49. The van der Waals surface area contributed by atoms with E-state index in [-0.39, 0.29) is 11.3 Å². The molecule has 0 radical (unpaired) electrons. The van der Waals surface area contributed by atoms with Crippen molar-refractivity contribution in [2.75, 3.05) is 0 Å². The highest BCUT2D eigenvalue weighted by Crippen LogP contribution is 2.61. The van der Waals surface area contributed by atoms with E-state index in [0.717, 1.165) is 23.4 Å². The average molecular weight is 297 g/mol. The van der Waals surface area contributed by atoms with E-state index in [9.17, 15) is 4.79 Å². The highest BCUT2D eigenvalue weighted by molar-refractivity contribution is 5.81. The lowest BCUT2D eigenvalue weighted by Gasteiger charge is -2.56. The molecule has 0 saturated heterocycles. The summed E-state index contributed by atoms with van der Waals surface area (Å²) in [6, 6.07) is 5.64. The molecule has 4 aliphatic rings. The van der Waals surface area contributed by atoms with Crippen molar-refractivity contribution in [1.29, 1.82) is 0 Å². The molecule has 0 aliphatic heterocycles. The maximum absolute atomic E-state index is 12.3. The van der Waals surface area contributed by atoms with E-state index in [1.807, 2.05) is 18.2 Å². The molecule has 1 N–H and O–H groups in total. The monoisotopic (exact) mass is 297 g/mol. The number of nitrogens with zero attached hydrogens (tertiary/aromatic N) is 2. The van der Waals surface area contributed by atoms with Crippen molar-refractivity contribution >= 4 is 12.1 Å². The number of carbonyl (C=O) groups is 1. The second-order valence-electron chi connectivity index (χ2n) is 7.64. The van der Waals surface area contributed by atoms with Crippen molar-refractivity contribution < 1.29 is 4.79 Å². The van der Waals surface area contributed by atoms with Gasteiger partial charge in [-0.05, 0) is 73.8 Å². The third-order valence-electron chi connectivity index (χ3n) is 5.77. The zero-order valence-electron chi connectivity index (χ0n) is 12.9. The molecule has 4 bridgehead atoms. The maximum Gasteiger partial charge on any atom is 0.240 e. The number of aromatic nitrogens is 1. The van der Waals surface area contributed by atoms with Gasteiger partial charge in [0.25, 0.3) is 0 Å². The van der Waals surface area contributed by atoms with Crippen LogP contribution in [0.5, 0.6) is 0 Å². The molecule has 1 heterocycles. The maximum atomic E-state index is 12.3. The fourth-order valence-corrected chi connectivity index (χ4v) is 5.51. The number of pyridine rings is 1. The molecule has 4 aliphatic carbocycles. The van der Waals surface area contributed by atoms with Crippen LogP contribution in [-0.4, -0.2) is 17.1 Å². The molecule has 0 unspecified atom stereocenters. The van der Waals surface area contributed by atoms with Gasteiger partial charge >= 0.3 is 0 Å². The summed E-state index contributed by atoms with van der Waals surface area (Å²) in [6.07, 6.45) is 12.0. The molecule has 4 nitrogen and oxygen atoms in total. The Labute approximate surface area is 131 Å². The van der Waals surface area contributed by atoms with E-state index in [0.29, 0.717) is 6.42 Å². The molecule has 4 fully saturated rings. The fraction of sp³-hybridized carbons (Fsp3) is 0.611. The van der Waals surface area contributed by atoms with Crippen molar-refractivity contribution in [3.63, 3.8) is 0 Å². The van der Waals surface area contributed by atoms with Crippen LogP contribution in [0.15, 0.2) is 29.5 Å². The van der Waals surface area contributed by atoms with Gasteiger partial charge in [0.2, 0.25) is 5.91 Å². The Morgan fingerprint density at radius 1 is 1.23 bits per heavy atom. The van der Waals surface area contributed by atoms with E-state index in [2.05, 4.69) is 15.5 Å². The first-order valence-corrected chi connectivity index (χ1v) is 8.44. The van der Waals surface area contributed by atoms with E-state index in [1.54, 1.807) is 12.4 Å². The van der Waals surface area contributed by atoms with E-state index < -0.39 is 0 Å². The lowest BCUT2D eigenvalue weighted by Crippen LogP contribution is -2.47. The van der Waals surface area contributed by atoms with Crippen molar-refractivity contribution in [3.8, 4) is 0 Å². The summed E-state index contributed by atoms with van der Waals surface area (Å²) < 4.78 is 0. The molecule has 1 aromatic heterocycles. The Morgan fingerprint density at radius 2 is 1.91 bits per heavy atom. The minimum Gasteiger partial charge on any atom is -0.273 e. The van der Waals surface area contributed by atoms with Crippen LogP contribution in [0.2, 0.25) is 0 Å². The number of hydrogen-bond acceptors (Lipinski definition) is 3. The molecule has 116 valence electrons. The van der Waals surface area contributed by atoms with Gasteiger partial charge in [0.1, 0.15) is 0 Å². The molecular weight excluding hydrogens is 274 g/mol. The predicted octanol–water partition coefficient (Wildman–Crippen LogP) is 3.14. The Hall–Kier alpha value is -1.71. The molecular formula is C18H23N3O. The van der Waals surface area contributed by atoms with Gasteiger partial charge in [0.15, 0.2) is 0 Å². The molecule has 22 heavy (non-hydrogen) atoms. The first-order chi connectivity index (χ1) is 10.7. The summed E-state index contributed by atoms with van der Waals surface area (Å²) in [5, 5.41) is 4.05. The van der Waals surface area contributed by atoms with Gasteiger partial charge in [-0.3, -0.25) is 9.78 Å². The lowest BCUT2D eigenvalue weighted by molar-refractivity contribution is -0.129. The smallest absolute Gasteiger partial charge is 0.240 e. The summed E-state index contributed by atoms with van der Waals surface area (Å²) >= 11 is 0. The minimum atomic E-state index is 0.0640. The molecule has 0 atom stereocenters. The van der Waals surface area contributed by atoms with E-state index >= 15 is 0 Å². The third kappa shape index (κ3) is 2.79. The third-order valence-corrected chi connectivity index (χ3v) is 5.77. The molecule has 1 amide bonds. The van der Waals surface area contributed by atoms with Crippen LogP contribution in [0.25, 0.3) is 0 Å². The van der Waals surface area contributed by atoms with Crippen LogP contribution in [0, 0.1) is 23.2 Å². The van der Waals surface area contributed by atoms with Gasteiger partial charge in [0.05, 0.1) is 11.9 Å². The van der Waals surface area contributed by atoms with Crippen molar-refractivity contribution in [3.05, 3.63) is 30.1 Å². The van der Waals surface area contributed by atoms with Gasteiger partial charge in [-0.15, -0.1) is 0 Å². The zero-order chi connectivity index (χ0) is 15.0. The van der Waals surface area contributed by atoms with Crippen molar-refractivity contribution in [1.82, 2.24) is 10.4 Å². The van der Waals surface area contributed by atoms with Crippen LogP contribution in [0.1, 0.15) is 50.6 Å². The Balaban J connectivity index is 1.35. The van der Waals surface area contributed by atoms with Crippen LogP contribution in [-0.2, 0) is 4.79 Å². The fourth-order valence-electron chi connectivity index (χ4n) is 5.51. The normalized spacial score (nSPS) is 35.9. The molecule has 4 saturated carbocycles. The standard InChI is InChI=1S/C18H23N3O/c22-17(21-20-12-16-3-1-2-4-19-16)11-18-8-13-5-14(9-18)7-15(6-13)10-18/h1-4,12-15H,5-11H2,(H,21,22)/b20-12-. The first kappa shape index (κ1) is 13.9. The molecule has 5 rings (SSSR count). The summed E-state index contributed by atoms with van der Waals surface area (Å²) in [5.74, 6) is 2.72. The van der Waals surface area contributed by atoms with Crippen LogP contribution < -0.4 is 5.43 Å². The van der Waals surface area contributed by atoms with Gasteiger partial charge in [0, 0.05) is 12.6 Å². The van der Waals surface area contributed by atoms with Crippen LogP contribution in [0.4, 0.5) is 0 Å². The van der Waals surface area contributed by atoms with E-state index in [4.69, 9.17) is 0 Å². The summed E-state index contributed by atoms with van der Waals surface area (Å²) in [5.41, 5.74) is 3.74. The summed E-state index contributed by atoms with van der Waals surface area (Å²) in [6.45, 7) is 0. The largest absolute Gasteiger partial charge is 0.273 e. The van der Waals surface area contributed by atoms with Gasteiger partial charge in [-0.1, -0.05) is 6.07 Å². The number of amides is 1. The van der Waals surface area contributed by atoms with Crippen LogP contribution >= 0.6 is 0 Å². The number of carbonyl (C=O) groups excluding carboxylic acids is 1. The minimum absolute atomic E-state index is 0.0640. The highest BCUT2D eigenvalue weighted by Gasteiger charge is 2.51. The second kappa shape index (κ2) is 5.49. The number of hydrazone groups is 1. The van der Waals surface area contributed by atoms with Crippen LogP contribution in [0.3, 0.4) is 0 Å². The summed E-state index contributed by atoms with van der Waals surface area (Å²) in [7, 11) is 0. The second-order valence-corrected chi connectivity index (χ2v) is 7.64. The predicted molar refractivity (Wildman–Crippen MR) is 85.2 cm³/mol. The molecule has 0 aromatic carbocycles. The Morgan fingerprint density at radius 3 is 2.50 bits per heavy atom. The SMILES string of the molecule is O=C(CC12CC3CC(CC(C3)C1)C2)N/N=C\c1ccccn1. The molecule has 0 spiro atoms. The highest BCUT2D eigenvalue weighted by atomic mass is 16.2. The average Bonchev–Trinajstić information content (AvgIpc) is 2.46. The van der Waals surface area contributed by atoms with Gasteiger partial charge in [-0.25, -0.2) is 5.43 Å². The number of nitrogens with one attached hydrogen (secondary N) is 1. The zero-order valence-corrected chi connectivity index (χ0v) is 12.9. The first-order valence-electron chi connectivity index (χ1n) is 8.44. The Kier molecular flexibility index (Phi) is 3.47. The number of hydrogen-bond donors (Lipinski definition) is 1. The Bertz CT molecular complexity index is 546. The van der Waals surface area contributed by atoms with Gasteiger partial charge in [-0.2, -0.15) is 5.10 Å². The molecule has 1 aromatic rings. The van der Waals surface area contributed by atoms with E-state index in [1.165, 1.54) is 38.5 Å². The quantitative estimate of drug-likeness (QED) is 0.685. The summed E-state index contributed by atoms with van der Waals surface area (Å²) in [4.78, 5) is 16.4. The van der Waals surface area contributed by atoms with Gasteiger partial charge < -0.3 is 0 Å². The number of rotatable bonds is 4. The molecule has 4 heteroatoms. The van der Waals surface area contributed by atoms with Crippen molar-refractivity contribution in [2.24, 2.45) is 28.3 Å².